The van der Waals surface area contributed by atoms with Crippen molar-refractivity contribution in [1.82, 2.24) is 15.3 Å². The van der Waals surface area contributed by atoms with Gasteiger partial charge >= 0.3 is 6.09 Å². The summed E-state index contributed by atoms with van der Waals surface area (Å²) in [5.41, 5.74) is 7.10. The normalized spacial score (nSPS) is 29.5. The minimum absolute atomic E-state index is 0.00323. The number of nitrogens with one attached hydrogen (secondary N) is 3. The molecule has 0 radical (unpaired) electrons. The average molecular weight is 412 g/mol. The smallest absolute Gasteiger partial charge is 0.407 e. The van der Waals surface area contributed by atoms with Gasteiger partial charge in [-0.15, -0.1) is 0 Å². The molecule has 6 bridgehead atoms. The number of benzene rings is 1. The van der Waals surface area contributed by atoms with Crippen molar-refractivity contribution in [3.8, 4) is 0 Å². The maximum Gasteiger partial charge on any atom is 0.407 e. The van der Waals surface area contributed by atoms with E-state index in [2.05, 4.69) is 25.9 Å². The molecule has 2 aliphatic carbocycles. The van der Waals surface area contributed by atoms with Gasteiger partial charge in [-0.05, 0) is 36.5 Å². The molecule has 9 nitrogen and oxygen atoms in total. The van der Waals surface area contributed by atoms with Crippen LogP contribution in [0.3, 0.4) is 0 Å². The summed E-state index contributed by atoms with van der Waals surface area (Å²) < 4.78 is 19.9. The Bertz CT molecular complexity index is 1020. The quantitative estimate of drug-likeness (QED) is 0.562. The Labute approximate surface area is 171 Å². The number of carbonyl (C=O) groups excluding carboxylic acids is 2. The molecule has 2 saturated carbocycles. The van der Waals surface area contributed by atoms with Gasteiger partial charge in [0.25, 0.3) is 0 Å². The predicted molar refractivity (Wildman–Crippen MR) is 105 cm³/mol. The van der Waals surface area contributed by atoms with Gasteiger partial charge in [0.2, 0.25) is 11.9 Å². The standard InChI is InChI=1S/C20H21FN6O3/c21-13-7-23-19-24-11-3-1-2-9(4-11)8-30-20(29)25-14-6-10-5-12(14)16(15(10)17(22)28)26-18(13)27-19/h1-4,7,10,12,14-16H,5-6,8H2,(H2,22,28)(H,25,29)(H2,23,24,26,27)/t10-,12+,14+,15-,16+/m0/s1. The highest BCUT2D eigenvalue weighted by atomic mass is 19.1. The van der Waals surface area contributed by atoms with E-state index < -0.39 is 29.8 Å². The molecule has 10 heteroatoms. The number of alkyl carbamates (subject to hydrolysis) is 1. The highest BCUT2D eigenvalue weighted by molar-refractivity contribution is 5.79. The number of hydrogen-bond acceptors (Lipinski definition) is 7. The first kappa shape index (κ1) is 18.6. The molecule has 0 spiro atoms. The van der Waals surface area contributed by atoms with Gasteiger partial charge in [0, 0.05) is 23.7 Å². The summed E-state index contributed by atoms with van der Waals surface area (Å²) in [5.74, 6) is -1.45. The molecule has 0 saturated heterocycles. The Morgan fingerprint density at radius 2 is 2.13 bits per heavy atom. The summed E-state index contributed by atoms with van der Waals surface area (Å²) in [7, 11) is 0. The Hall–Kier alpha value is -3.43. The number of carbonyl (C=O) groups is 2. The van der Waals surface area contributed by atoms with Crippen molar-refractivity contribution in [1.29, 1.82) is 0 Å². The number of rotatable bonds is 1. The van der Waals surface area contributed by atoms with Crippen molar-refractivity contribution in [3.05, 3.63) is 41.8 Å². The van der Waals surface area contributed by atoms with Crippen LogP contribution in [0.2, 0.25) is 0 Å². The molecule has 1 aliphatic heterocycles. The van der Waals surface area contributed by atoms with Gasteiger partial charge < -0.3 is 26.4 Å². The van der Waals surface area contributed by atoms with E-state index >= 15 is 0 Å². The summed E-state index contributed by atoms with van der Waals surface area (Å²) in [6.07, 6.45) is 1.88. The molecular weight excluding hydrogens is 391 g/mol. The number of nitrogens with two attached hydrogens (primary N) is 1. The Morgan fingerprint density at radius 1 is 1.27 bits per heavy atom. The monoisotopic (exact) mass is 412 g/mol. The molecule has 2 amide bonds. The van der Waals surface area contributed by atoms with Crippen molar-refractivity contribution in [2.75, 3.05) is 10.6 Å². The third kappa shape index (κ3) is 3.27. The van der Waals surface area contributed by atoms with Crippen molar-refractivity contribution in [3.63, 3.8) is 0 Å². The van der Waals surface area contributed by atoms with Crippen LogP contribution in [0.1, 0.15) is 18.4 Å². The lowest BCUT2D eigenvalue weighted by molar-refractivity contribution is -0.123. The molecule has 3 aliphatic rings. The van der Waals surface area contributed by atoms with E-state index in [4.69, 9.17) is 10.5 Å². The van der Waals surface area contributed by atoms with Crippen LogP contribution in [0, 0.1) is 23.6 Å². The molecular formula is C20H21FN6O3. The van der Waals surface area contributed by atoms with Gasteiger partial charge in [-0.3, -0.25) is 4.79 Å². The van der Waals surface area contributed by atoms with Crippen LogP contribution in [0.5, 0.6) is 0 Å². The fraction of sp³-hybridized carbons (Fsp3) is 0.400. The number of nitrogens with zero attached hydrogens (tertiary/aromatic N) is 2. The number of halogens is 1. The zero-order chi connectivity index (χ0) is 20.8. The second kappa shape index (κ2) is 7.12. The molecule has 30 heavy (non-hydrogen) atoms. The fourth-order valence-corrected chi connectivity index (χ4v) is 5.03. The molecule has 5 atom stereocenters. The van der Waals surface area contributed by atoms with E-state index in [1.165, 1.54) is 0 Å². The van der Waals surface area contributed by atoms with Crippen LogP contribution < -0.4 is 21.7 Å². The zero-order valence-corrected chi connectivity index (χ0v) is 16.0. The largest absolute Gasteiger partial charge is 0.445 e. The van der Waals surface area contributed by atoms with Crippen molar-refractivity contribution < 1.29 is 18.7 Å². The Morgan fingerprint density at radius 3 is 2.97 bits per heavy atom. The molecule has 1 aromatic carbocycles. The van der Waals surface area contributed by atoms with Gasteiger partial charge in [0.15, 0.2) is 11.6 Å². The molecule has 2 aromatic rings. The van der Waals surface area contributed by atoms with Crippen LogP contribution in [-0.2, 0) is 16.1 Å². The van der Waals surface area contributed by atoms with Gasteiger partial charge in [0.05, 0.1) is 12.1 Å². The van der Waals surface area contributed by atoms with Crippen molar-refractivity contribution >= 4 is 29.5 Å². The number of ether oxygens (including phenoxy) is 1. The lowest BCUT2D eigenvalue weighted by atomic mass is 9.81. The predicted octanol–water partition coefficient (Wildman–Crippen LogP) is 1.89. The van der Waals surface area contributed by atoms with E-state index in [1.807, 2.05) is 6.07 Å². The Balaban J connectivity index is 1.53. The molecule has 1 aromatic heterocycles. The number of aromatic nitrogens is 2. The average Bonchev–Trinajstić information content (AvgIpc) is 3.26. The van der Waals surface area contributed by atoms with Gasteiger partial charge in [-0.2, -0.15) is 4.98 Å². The number of fused-ring (bicyclic) bond motifs is 5. The second-order valence-electron chi connectivity index (χ2n) is 8.04. The van der Waals surface area contributed by atoms with Crippen LogP contribution in [0.4, 0.5) is 26.6 Å². The summed E-state index contributed by atoms with van der Waals surface area (Å²) >= 11 is 0. The highest BCUT2D eigenvalue weighted by Gasteiger charge is 2.55. The zero-order valence-electron chi connectivity index (χ0n) is 16.0. The number of cyclic esters (lactones) is 1. The van der Waals surface area contributed by atoms with E-state index in [9.17, 15) is 14.0 Å². The van der Waals surface area contributed by atoms with E-state index in [0.29, 0.717) is 18.5 Å². The summed E-state index contributed by atoms with van der Waals surface area (Å²) in [6.45, 7) is 0.100. The number of hydrogen-bond donors (Lipinski definition) is 4. The molecule has 2 heterocycles. The highest BCUT2D eigenvalue weighted by Crippen LogP contribution is 2.49. The first-order valence-corrected chi connectivity index (χ1v) is 9.85. The molecule has 0 unspecified atom stereocenters. The van der Waals surface area contributed by atoms with Crippen LogP contribution >= 0.6 is 0 Å². The third-order valence-corrected chi connectivity index (χ3v) is 6.24. The SMILES string of the molecule is NC(=O)[C@H]1[C@H]2C[C@H]3[C@H]1Nc1nc(ncc1F)Nc1cccc(c1)COC(=O)N[C@@H]3C2. The number of primary amides is 1. The maximum absolute atomic E-state index is 14.5. The van der Waals surface area contributed by atoms with Gasteiger partial charge in [-0.25, -0.2) is 14.2 Å². The van der Waals surface area contributed by atoms with Crippen LogP contribution in [0.15, 0.2) is 30.5 Å². The maximum atomic E-state index is 14.5. The van der Waals surface area contributed by atoms with Crippen LogP contribution in [0.25, 0.3) is 0 Å². The third-order valence-electron chi connectivity index (χ3n) is 6.24. The minimum atomic E-state index is -0.631. The van der Waals surface area contributed by atoms with E-state index in [1.54, 1.807) is 18.2 Å². The first-order chi connectivity index (χ1) is 14.5. The van der Waals surface area contributed by atoms with Gasteiger partial charge in [-0.1, -0.05) is 12.1 Å². The fourth-order valence-electron chi connectivity index (χ4n) is 5.03. The molecule has 2 fully saturated rings. The van der Waals surface area contributed by atoms with Crippen molar-refractivity contribution in [2.45, 2.75) is 31.5 Å². The van der Waals surface area contributed by atoms with E-state index in [-0.39, 0.29) is 36.3 Å². The number of anilines is 3. The summed E-state index contributed by atoms with van der Waals surface area (Å²) in [5, 5.41) is 9.00. The van der Waals surface area contributed by atoms with Crippen molar-refractivity contribution in [2.24, 2.45) is 23.5 Å². The number of amides is 2. The molecule has 5 N–H and O–H groups in total. The lowest BCUT2D eigenvalue weighted by Crippen LogP contribution is -2.51. The minimum Gasteiger partial charge on any atom is -0.445 e. The van der Waals surface area contributed by atoms with E-state index in [0.717, 1.165) is 11.8 Å². The molecule has 156 valence electrons. The first-order valence-electron chi connectivity index (χ1n) is 9.85. The summed E-state index contributed by atoms with van der Waals surface area (Å²) in [4.78, 5) is 32.7. The Kier molecular flexibility index (Phi) is 4.41. The molecule has 5 rings (SSSR count). The van der Waals surface area contributed by atoms with Gasteiger partial charge in [0.1, 0.15) is 6.61 Å². The lowest BCUT2D eigenvalue weighted by Gasteiger charge is -2.35. The van der Waals surface area contributed by atoms with Crippen LogP contribution in [-0.4, -0.2) is 34.1 Å². The topological polar surface area (TPSA) is 131 Å². The second-order valence-corrected chi connectivity index (χ2v) is 8.04. The summed E-state index contributed by atoms with van der Waals surface area (Å²) in [6, 6.07) is 6.58.